The largest absolute Gasteiger partial charge is 0.339 e. The molecular weight excluding hydrogens is 294 g/mol. The van der Waals surface area contributed by atoms with Gasteiger partial charge in [-0.05, 0) is 50.1 Å². The molecule has 2 rings (SSSR count). The third kappa shape index (κ3) is 2.79. The molecule has 0 bridgehead atoms. The van der Waals surface area contributed by atoms with E-state index in [1.807, 2.05) is 0 Å². The van der Waals surface area contributed by atoms with Crippen LogP contribution in [0.3, 0.4) is 0 Å². The van der Waals surface area contributed by atoms with Crippen molar-refractivity contribution in [1.29, 1.82) is 0 Å². The first-order chi connectivity index (χ1) is 8.61. The Balaban J connectivity index is 2.28. The number of nitrogens with zero attached hydrogens (tertiary/aromatic N) is 2. The van der Waals surface area contributed by atoms with Crippen molar-refractivity contribution >= 4 is 15.9 Å². The Morgan fingerprint density at radius 1 is 1.28 bits per heavy atom. The fraction of sp³-hybridized carbons (Fsp3) is 0.385. The molecule has 0 saturated carbocycles. The molecule has 1 aromatic heterocycles. The third-order valence-electron chi connectivity index (χ3n) is 2.76. The van der Waals surface area contributed by atoms with Crippen LogP contribution < -0.4 is 5.73 Å². The van der Waals surface area contributed by atoms with E-state index in [-0.39, 0.29) is 0 Å². The quantitative estimate of drug-likeness (QED) is 0.943. The molecule has 5 heteroatoms. The van der Waals surface area contributed by atoms with Crippen molar-refractivity contribution < 1.29 is 4.52 Å². The van der Waals surface area contributed by atoms with Crippen LogP contribution in [0.1, 0.15) is 23.4 Å². The van der Waals surface area contributed by atoms with Crippen molar-refractivity contribution in [2.75, 3.05) is 6.54 Å². The van der Waals surface area contributed by atoms with Gasteiger partial charge >= 0.3 is 0 Å². The Hall–Kier alpha value is -1.20. The summed E-state index contributed by atoms with van der Waals surface area (Å²) in [5.41, 5.74) is 8.77. The fourth-order valence-corrected chi connectivity index (χ4v) is 2.03. The molecule has 1 aromatic carbocycles. The first-order valence-electron chi connectivity index (χ1n) is 5.91. The zero-order chi connectivity index (χ0) is 13.1. The van der Waals surface area contributed by atoms with Crippen molar-refractivity contribution in [3.8, 4) is 11.4 Å². The van der Waals surface area contributed by atoms with Gasteiger partial charge in [-0.25, -0.2) is 0 Å². The predicted molar refractivity (Wildman–Crippen MR) is 74.3 cm³/mol. The van der Waals surface area contributed by atoms with Crippen molar-refractivity contribution in [3.05, 3.63) is 33.6 Å². The van der Waals surface area contributed by atoms with E-state index in [1.54, 1.807) is 0 Å². The second kappa shape index (κ2) is 5.63. The minimum Gasteiger partial charge on any atom is -0.339 e. The van der Waals surface area contributed by atoms with Crippen LogP contribution in [0.4, 0.5) is 0 Å². The average molecular weight is 310 g/mol. The third-order valence-corrected chi connectivity index (χ3v) is 4.01. The van der Waals surface area contributed by atoms with Gasteiger partial charge in [0.2, 0.25) is 11.7 Å². The van der Waals surface area contributed by atoms with Gasteiger partial charge in [-0.1, -0.05) is 21.1 Å². The lowest BCUT2D eigenvalue weighted by atomic mass is 10.1. The van der Waals surface area contributed by atoms with E-state index in [2.05, 4.69) is 52.1 Å². The van der Waals surface area contributed by atoms with Crippen LogP contribution in [0.2, 0.25) is 0 Å². The van der Waals surface area contributed by atoms with E-state index in [0.29, 0.717) is 18.3 Å². The van der Waals surface area contributed by atoms with Crippen LogP contribution in [0.15, 0.2) is 21.1 Å². The van der Waals surface area contributed by atoms with Crippen LogP contribution in [0, 0.1) is 13.8 Å². The maximum absolute atomic E-state index is 5.46. The van der Waals surface area contributed by atoms with Crippen LogP contribution in [-0.2, 0) is 6.42 Å². The van der Waals surface area contributed by atoms with Gasteiger partial charge in [0, 0.05) is 16.5 Å². The molecule has 0 amide bonds. The van der Waals surface area contributed by atoms with Crippen LogP contribution >= 0.6 is 15.9 Å². The van der Waals surface area contributed by atoms with Crippen LogP contribution in [-0.4, -0.2) is 16.7 Å². The molecule has 0 unspecified atom stereocenters. The fourth-order valence-electron chi connectivity index (χ4n) is 1.80. The van der Waals surface area contributed by atoms with Crippen molar-refractivity contribution in [1.82, 2.24) is 10.1 Å². The number of hydrogen-bond donors (Lipinski definition) is 1. The lowest BCUT2D eigenvalue weighted by Gasteiger charge is -2.04. The van der Waals surface area contributed by atoms with Gasteiger partial charge in [-0.3, -0.25) is 0 Å². The first kappa shape index (κ1) is 13.2. The number of hydrogen-bond acceptors (Lipinski definition) is 4. The van der Waals surface area contributed by atoms with E-state index in [1.165, 1.54) is 11.1 Å². The monoisotopic (exact) mass is 309 g/mol. The smallest absolute Gasteiger partial charge is 0.227 e. The summed E-state index contributed by atoms with van der Waals surface area (Å²) in [6.45, 7) is 4.74. The number of benzene rings is 1. The molecule has 4 nitrogen and oxygen atoms in total. The van der Waals surface area contributed by atoms with Gasteiger partial charge in [0.15, 0.2) is 0 Å². The highest BCUT2D eigenvalue weighted by atomic mass is 79.9. The number of aromatic nitrogens is 2. The highest BCUT2D eigenvalue weighted by Crippen LogP contribution is 2.27. The highest BCUT2D eigenvalue weighted by Gasteiger charge is 2.10. The van der Waals surface area contributed by atoms with E-state index >= 15 is 0 Å². The molecule has 0 fully saturated rings. The molecule has 2 aromatic rings. The molecule has 0 spiro atoms. The molecule has 0 aliphatic rings. The second-order valence-electron chi connectivity index (χ2n) is 4.33. The summed E-state index contributed by atoms with van der Waals surface area (Å²) in [4.78, 5) is 4.38. The highest BCUT2D eigenvalue weighted by molar-refractivity contribution is 9.10. The van der Waals surface area contributed by atoms with Gasteiger partial charge in [-0.15, -0.1) is 0 Å². The maximum atomic E-state index is 5.46. The van der Waals surface area contributed by atoms with E-state index in [4.69, 9.17) is 10.3 Å². The van der Waals surface area contributed by atoms with E-state index in [9.17, 15) is 0 Å². The topological polar surface area (TPSA) is 64.9 Å². The molecule has 0 radical (unpaired) electrons. The molecule has 0 aliphatic carbocycles. The summed E-state index contributed by atoms with van der Waals surface area (Å²) >= 11 is 3.55. The standard InChI is InChI=1S/C13H16BrN3O/c1-8-6-10(7-9(2)12(8)14)13-16-11(18-17-13)4-3-5-15/h6-7H,3-5,15H2,1-2H3. The van der Waals surface area contributed by atoms with Gasteiger partial charge in [0.1, 0.15) is 0 Å². The lowest BCUT2D eigenvalue weighted by molar-refractivity contribution is 0.376. The molecule has 0 atom stereocenters. The minimum atomic E-state index is 0.633. The van der Waals surface area contributed by atoms with E-state index < -0.39 is 0 Å². The summed E-state index contributed by atoms with van der Waals surface area (Å²) in [6.07, 6.45) is 1.60. The summed E-state index contributed by atoms with van der Waals surface area (Å²) in [7, 11) is 0. The van der Waals surface area contributed by atoms with Crippen LogP contribution in [0.25, 0.3) is 11.4 Å². The number of aryl methyl sites for hydroxylation is 3. The second-order valence-corrected chi connectivity index (χ2v) is 5.12. The maximum Gasteiger partial charge on any atom is 0.227 e. The Bertz CT molecular complexity index is 528. The molecule has 1 heterocycles. The lowest BCUT2D eigenvalue weighted by Crippen LogP contribution is -2.00. The number of halogens is 1. The predicted octanol–water partition coefficient (Wildman–Crippen LogP) is 3.01. The molecule has 18 heavy (non-hydrogen) atoms. The molecule has 0 aliphatic heterocycles. The molecule has 0 saturated heterocycles. The zero-order valence-electron chi connectivity index (χ0n) is 10.5. The Labute approximate surface area is 115 Å². The summed E-state index contributed by atoms with van der Waals surface area (Å²) < 4.78 is 6.33. The number of rotatable bonds is 4. The van der Waals surface area contributed by atoms with Crippen LogP contribution in [0.5, 0.6) is 0 Å². The summed E-state index contributed by atoms with van der Waals surface area (Å²) in [6, 6.07) is 4.10. The summed E-state index contributed by atoms with van der Waals surface area (Å²) in [5, 5.41) is 4.01. The molecule has 96 valence electrons. The Morgan fingerprint density at radius 3 is 2.56 bits per heavy atom. The normalized spacial score (nSPS) is 10.9. The van der Waals surface area contributed by atoms with Crippen molar-refractivity contribution in [2.45, 2.75) is 26.7 Å². The van der Waals surface area contributed by atoms with Crippen molar-refractivity contribution in [2.24, 2.45) is 5.73 Å². The SMILES string of the molecule is Cc1cc(-c2noc(CCCN)n2)cc(C)c1Br. The van der Waals surface area contributed by atoms with Gasteiger partial charge in [0.05, 0.1) is 0 Å². The van der Waals surface area contributed by atoms with Crippen molar-refractivity contribution in [3.63, 3.8) is 0 Å². The molecule has 2 N–H and O–H groups in total. The first-order valence-corrected chi connectivity index (χ1v) is 6.71. The molecular formula is C13H16BrN3O. The van der Waals surface area contributed by atoms with Gasteiger partial charge in [-0.2, -0.15) is 4.98 Å². The number of nitrogens with two attached hydrogens (primary N) is 1. The summed E-state index contributed by atoms with van der Waals surface area (Å²) in [5.74, 6) is 1.29. The minimum absolute atomic E-state index is 0.633. The Morgan fingerprint density at radius 2 is 1.94 bits per heavy atom. The van der Waals surface area contributed by atoms with Gasteiger partial charge < -0.3 is 10.3 Å². The Kier molecular flexibility index (Phi) is 4.14. The van der Waals surface area contributed by atoms with E-state index in [0.717, 1.165) is 22.9 Å². The van der Waals surface area contributed by atoms with Gasteiger partial charge in [0.25, 0.3) is 0 Å². The average Bonchev–Trinajstić information content (AvgIpc) is 2.81. The zero-order valence-corrected chi connectivity index (χ0v) is 12.1.